The van der Waals surface area contributed by atoms with Crippen LogP contribution in [0.2, 0.25) is 0 Å². The monoisotopic (exact) mass is 474 g/mol. The lowest BCUT2D eigenvalue weighted by Gasteiger charge is -2.27. The van der Waals surface area contributed by atoms with Crippen LogP contribution in [0.4, 0.5) is 0 Å². The molecule has 174 valence electrons. The van der Waals surface area contributed by atoms with Crippen molar-refractivity contribution in [1.29, 1.82) is 0 Å². The maximum Gasteiger partial charge on any atom is 0.255 e. The molecule has 2 heterocycles. The van der Waals surface area contributed by atoms with Gasteiger partial charge in [-0.1, -0.05) is 36.4 Å². The maximum absolute atomic E-state index is 13.5. The van der Waals surface area contributed by atoms with E-state index < -0.39 is 0 Å². The first-order valence-corrected chi connectivity index (χ1v) is 11.9. The van der Waals surface area contributed by atoms with Crippen LogP contribution in [0.5, 0.6) is 11.5 Å². The predicted molar refractivity (Wildman–Crippen MR) is 136 cm³/mol. The van der Waals surface area contributed by atoms with E-state index in [1.54, 1.807) is 14.2 Å². The Labute approximate surface area is 204 Å². The van der Waals surface area contributed by atoms with Crippen LogP contribution in [0.15, 0.2) is 66.7 Å². The molecule has 0 aliphatic carbocycles. The summed E-state index contributed by atoms with van der Waals surface area (Å²) < 4.78 is 13.5. The highest BCUT2D eigenvalue weighted by molar-refractivity contribution is 6.17. The molecule has 3 aromatic carbocycles. The molecule has 0 saturated heterocycles. The lowest BCUT2D eigenvalue weighted by molar-refractivity contribution is 0.0751. The SMILES string of the molecule is COc1ccc(OC)c(-c2c([C@@H]3c4ccccc4C(=O)N3CCCCl)c3ccccc3n2C)c1. The molecular formula is C28H27ClN2O3. The number of halogens is 1. The molecular weight excluding hydrogens is 448 g/mol. The van der Waals surface area contributed by atoms with Gasteiger partial charge in [0, 0.05) is 47.1 Å². The number of rotatable bonds is 7. The van der Waals surface area contributed by atoms with E-state index in [1.807, 2.05) is 53.4 Å². The van der Waals surface area contributed by atoms with E-state index in [-0.39, 0.29) is 11.9 Å². The van der Waals surface area contributed by atoms with Gasteiger partial charge in [-0.3, -0.25) is 4.79 Å². The molecule has 5 nitrogen and oxygen atoms in total. The van der Waals surface area contributed by atoms with E-state index >= 15 is 0 Å². The predicted octanol–water partition coefficient (Wildman–Crippen LogP) is 6.04. The minimum absolute atomic E-state index is 0.0437. The number of hydrogen-bond donors (Lipinski definition) is 0. The maximum atomic E-state index is 13.5. The molecule has 0 N–H and O–H groups in total. The molecule has 4 aromatic rings. The van der Waals surface area contributed by atoms with E-state index in [0.717, 1.165) is 56.8 Å². The summed E-state index contributed by atoms with van der Waals surface area (Å²) in [4.78, 5) is 15.5. The Morgan fingerprint density at radius 3 is 2.47 bits per heavy atom. The van der Waals surface area contributed by atoms with Gasteiger partial charge < -0.3 is 18.9 Å². The third kappa shape index (κ3) is 3.43. The van der Waals surface area contributed by atoms with Crippen molar-refractivity contribution in [3.8, 4) is 22.8 Å². The first-order chi connectivity index (χ1) is 16.6. The largest absolute Gasteiger partial charge is 0.497 e. The molecule has 0 fully saturated rings. The van der Waals surface area contributed by atoms with Crippen molar-refractivity contribution in [2.45, 2.75) is 12.5 Å². The molecule has 34 heavy (non-hydrogen) atoms. The number of ether oxygens (including phenoxy) is 2. The van der Waals surface area contributed by atoms with Gasteiger partial charge in [0.05, 0.1) is 26.0 Å². The Hall–Kier alpha value is -3.44. The number of carbonyl (C=O) groups is 1. The molecule has 1 amide bonds. The lowest BCUT2D eigenvalue weighted by atomic mass is 9.92. The van der Waals surface area contributed by atoms with Crippen molar-refractivity contribution in [2.24, 2.45) is 7.05 Å². The third-order valence-corrected chi connectivity index (χ3v) is 6.94. The second-order valence-electron chi connectivity index (χ2n) is 8.44. The van der Waals surface area contributed by atoms with Crippen LogP contribution in [0.3, 0.4) is 0 Å². The number of hydrogen-bond acceptors (Lipinski definition) is 3. The van der Waals surface area contributed by atoms with Crippen LogP contribution in [-0.4, -0.2) is 42.0 Å². The molecule has 1 aliphatic rings. The summed E-state index contributed by atoms with van der Waals surface area (Å²) in [6.45, 7) is 0.583. The van der Waals surface area contributed by atoms with Gasteiger partial charge in [-0.25, -0.2) is 0 Å². The second kappa shape index (κ2) is 9.07. The summed E-state index contributed by atoms with van der Waals surface area (Å²) in [7, 11) is 5.40. The average Bonchev–Trinajstić information content (AvgIpc) is 3.32. The van der Waals surface area contributed by atoms with E-state index in [9.17, 15) is 4.79 Å². The number of carbonyl (C=O) groups excluding carboxylic acids is 1. The Kier molecular flexibility index (Phi) is 5.96. The van der Waals surface area contributed by atoms with Gasteiger partial charge in [0.2, 0.25) is 0 Å². The fourth-order valence-corrected chi connectivity index (χ4v) is 5.29. The Morgan fingerprint density at radius 2 is 1.71 bits per heavy atom. The molecule has 0 radical (unpaired) electrons. The topological polar surface area (TPSA) is 43.7 Å². The second-order valence-corrected chi connectivity index (χ2v) is 8.81. The number of benzene rings is 3. The van der Waals surface area contributed by atoms with Crippen LogP contribution < -0.4 is 9.47 Å². The van der Waals surface area contributed by atoms with Crippen molar-refractivity contribution >= 4 is 28.4 Å². The van der Waals surface area contributed by atoms with Gasteiger partial charge in [0.1, 0.15) is 11.5 Å². The molecule has 0 saturated carbocycles. The quantitative estimate of drug-likeness (QED) is 0.307. The zero-order chi connectivity index (χ0) is 23.8. The summed E-state index contributed by atoms with van der Waals surface area (Å²) in [6, 6.07) is 21.8. The van der Waals surface area contributed by atoms with Gasteiger partial charge >= 0.3 is 0 Å². The number of fused-ring (bicyclic) bond motifs is 2. The molecule has 0 unspecified atom stereocenters. The summed E-state index contributed by atoms with van der Waals surface area (Å²) in [5.41, 5.74) is 5.86. The van der Waals surface area contributed by atoms with E-state index in [2.05, 4.69) is 29.8 Å². The number of para-hydroxylation sites is 1. The van der Waals surface area contributed by atoms with Crippen LogP contribution >= 0.6 is 11.6 Å². The van der Waals surface area contributed by atoms with E-state index in [0.29, 0.717) is 12.4 Å². The third-order valence-electron chi connectivity index (χ3n) is 6.67. The molecule has 0 spiro atoms. The van der Waals surface area contributed by atoms with Crippen LogP contribution in [0.1, 0.15) is 33.9 Å². The Balaban J connectivity index is 1.85. The summed E-state index contributed by atoms with van der Waals surface area (Å²) in [5.74, 6) is 2.04. The molecule has 1 aromatic heterocycles. The average molecular weight is 475 g/mol. The van der Waals surface area contributed by atoms with Gasteiger partial charge in [0.15, 0.2) is 0 Å². The van der Waals surface area contributed by atoms with Crippen molar-refractivity contribution in [3.05, 3.63) is 83.4 Å². The number of nitrogens with zero attached hydrogens (tertiary/aromatic N) is 2. The number of aryl methyl sites for hydroxylation is 1. The molecule has 5 rings (SSSR count). The van der Waals surface area contributed by atoms with Crippen molar-refractivity contribution in [3.63, 3.8) is 0 Å². The smallest absolute Gasteiger partial charge is 0.255 e. The van der Waals surface area contributed by atoms with Gasteiger partial charge in [-0.2, -0.15) is 0 Å². The Morgan fingerprint density at radius 1 is 0.941 bits per heavy atom. The minimum atomic E-state index is -0.232. The molecule has 1 aliphatic heterocycles. The summed E-state index contributed by atoms with van der Waals surface area (Å²) >= 11 is 6.06. The molecule has 0 bridgehead atoms. The fourth-order valence-electron chi connectivity index (χ4n) is 5.17. The first kappa shape index (κ1) is 22.4. The Bertz CT molecular complexity index is 1380. The number of methoxy groups -OCH3 is 2. The van der Waals surface area contributed by atoms with Gasteiger partial charge in [0.25, 0.3) is 5.91 Å². The highest BCUT2D eigenvalue weighted by atomic mass is 35.5. The molecule has 1 atom stereocenters. The van der Waals surface area contributed by atoms with Crippen LogP contribution in [0, 0.1) is 0 Å². The van der Waals surface area contributed by atoms with E-state index in [4.69, 9.17) is 21.1 Å². The van der Waals surface area contributed by atoms with E-state index in [1.165, 1.54) is 0 Å². The molecule has 6 heteroatoms. The first-order valence-electron chi connectivity index (χ1n) is 11.4. The van der Waals surface area contributed by atoms with Crippen LogP contribution in [0.25, 0.3) is 22.2 Å². The normalized spacial score (nSPS) is 15.1. The zero-order valence-electron chi connectivity index (χ0n) is 19.5. The van der Waals surface area contributed by atoms with Crippen molar-refractivity contribution in [1.82, 2.24) is 9.47 Å². The standard InChI is InChI=1S/C28H27ClN2O3/c1-30-23-12-7-6-11-21(23)25(26(30)22-17-18(33-2)13-14-24(22)34-3)27-19-9-4-5-10-20(19)28(32)31(27)16-8-15-29/h4-7,9-14,17,27H,8,15-16H2,1-3H3/t27-/m0/s1. The van der Waals surface area contributed by atoms with Gasteiger partial charge in [-0.05, 0) is 42.3 Å². The van der Waals surface area contributed by atoms with Gasteiger partial charge in [-0.15, -0.1) is 11.6 Å². The summed E-state index contributed by atoms with van der Waals surface area (Å²) in [6.07, 6.45) is 0.723. The minimum Gasteiger partial charge on any atom is -0.497 e. The number of alkyl halides is 1. The fraction of sp³-hybridized carbons (Fsp3) is 0.250. The van der Waals surface area contributed by atoms with Crippen molar-refractivity contribution < 1.29 is 14.3 Å². The number of aromatic nitrogens is 1. The summed E-state index contributed by atoms with van der Waals surface area (Å²) in [5, 5.41) is 1.11. The number of amides is 1. The van der Waals surface area contributed by atoms with Crippen LogP contribution in [-0.2, 0) is 7.05 Å². The highest BCUT2D eigenvalue weighted by Gasteiger charge is 2.40. The lowest BCUT2D eigenvalue weighted by Crippen LogP contribution is -2.30. The van der Waals surface area contributed by atoms with Crippen molar-refractivity contribution in [2.75, 3.05) is 26.6 Å². The zero-order valence-corrected chi connectivity index (χ0v) is 20.3. The highest BCUT2D eigenvalue weighted by Crippen LogP contribution is 2.48.